The monoisotopic (exact) mass is 696 g/mol. The molecule has 16 heteroatoms. The normalized spacial score (nSPS) is 20.1. The molecule has 242 valence electrons. The lowest BCUT2D eigenvalue weighted by Gasteiger charge is -2.43. The summed E-state index contributed by atoms with van der Waals surface area (Å²) in [5, 5.41) is 11.5. The third-order valence-corrected chi connectivity index (χ3v) is 11.6. The maximum absolute atomic E-state index is 14.0. The average Bonchev–Trinajstić information content (AvgIpc) is 3.43. The standard InChI is InChI=1S/C29H33ClN6O6S2.ClH/c1-32-7-6-23-25(17-32)43-27(31-23)29(40)36-13-12-35(16-24(36)28(39)34-10-8-33(9-11-34)18-26(37)38)44(41,42)22-5-3-19-14-21(30)4-2-20(19)15-22;/h2-5,14-15,24H,6-13,16-18H2,1H3,(H,37,38);1H. The molecule has 1 N–H and O–H groups in total. The fourth-order valence-electron chi connectivity index (χ4n) is 6.00. The lowest BCUT2D eigenvalue weighted by atomic mass is 10.1. The van der Waals surface area contributed by atoms with Crippen LogP contribution >= 0.6 is 35.3 Å². The Kier molecular flexibility index (Phi) is 10.0. The van der Waals surface area contributed by atoms with Crippen molar-refractivity contribution in [3.63, 3.8) is 0 Å². The van der Waals surface area contributed by atoms with Gasteiger partial charge in [-0.2, -0.15) is 4.31 Å². The SMILES string of the molecule is CN1CCc2nc(C(=O)N3CCN(S(=O)(=O)c4ccc5cc(Cl)ccc5c4)CC3C(=O)N3CCN(CC(=O)O)CC3)sc2C1.Cl. The highest BCUT2D eigenvalue weighted by atomic mass is 35.5. The van der Waals surface area contributed by atoms with E-state index in [1.807, 2.05) is 7.05 Å². The van der Waals surface area contributed by atoms with Gasteiger partial charge < -0.3 is 19.8 Å². The molecule has 0 aliphatic carbocycles. The molecule has 0 bridgehead atoms. The highest BCUT2D eigenvalue weighted by Gasteiger charge is 2.43. The number of sulfonamides is 1. The van der Waals surface area contributed by atoms with E-state index in [1.165, 1.54) is 26.6 Å². The van der Waals surface area contributed by atoms with Crippen LogP contribution in [0.3, 0.4) is 0 Å². The number of carbonyl (C=O) groups excluding carboxylic acids is 2. The van der Waals surface area contributed by atoms with Crippen LogP contribution in [0.5, 0.6) is 0 Å². The van der Waals surface area contributed by atoms with Gasteiger partial charge in [0.05, 0.1) is 17.1 Å². The van der Waals surface area contributed by atoms with Gasteiger partial charge in [-0.05, 0) is 42.1 Å². The highest BCUT2D eigenvalue weighted by molar-refractivity contribution is 7.89. The molecule has 2 aromatic carbocycles. The molecule has 3 aliphatic rings. The van der Waals surface area contributed by atoms with Crippen LogP contribution in [0.25, 0.3) is 10.8 Å². The molecule has 1 unspecified atom stereocenters. The molecule has 1 atom stereocenters. The van der Waals surface area contributed by atoms with Crippen LogP contribution in [0.15, 0.2) is 41.3 Å². The van der Waals surface area contributed by atoms with E-state index >= 15 is 0 Å². The van der Waals surface area contributed by atoms with E-state index in [4.69, 9.17) is 16.7 Å². The summed E-state index contributed by atoms with van der Waals surface area (Å²) in [7, 11) is -1.99. The summed E-state index contributed by atoms with van der Waals surface area (Å²) in [6, 6.07) is 8.99. The quantitative estimate of drug-likeness (QED) is 0.411. The molecule has 0 spiro atoms. The molecule has 2 fully saturated rings. The first kappa shape index (κ1) is 33.5. The number of hydrogen-bond donors (Lipinski definition) is 1. The van der Waals surface area contributed by atoms with Gasteiger partial charge in [-0.25, -0.2) is 13.4 Å². The van der Waals surface area contributed by atoms with Crippen LogP contribution in [0.1, 0.15) is 20.4 Å². The lowest BCUT2D eigenvalue weighted by molar-refractivity contribution is -0.141. The van der Waals surface area contributed by atoms with Gasteiger partial charge in [0.2, 0.25) is 15.9 Å². The summed E-state index contributed by atoms with van der Waals surface area (Å²) < 4.78 is 29.1. The number of halogens is 2. The Bertz CT molecular complexity index is 1730. The highest BCUT2D eigenvalue weighted by Crippen LogP contribution is 2.29. The molecule has 2 amide bonds. The minimum atomic E-state index is -4.01. The summed E-state index contributed by atoms with van der Waals surface area (Å²) in [6.07, 6.45) is 0.739. The van der Waals surface area contributed by atoms with Gasteiger partial charge in [0.15, 0.2) is 5.01 Å². The molecule has 4 heterocycles. The van der Waals surface area contributed by atoms with Gasteiger partial charge in [-0.15, -0.1) is 23.7 Å². The van der Waals surface area contributed by atoms with E-state index in [0.717, 1.165) is 34.3 Å². The van der Waals surface area contributed by atoms with E-state index in [1.54, 1.807) is 40.1 Å². The van der Waals surface area contributed by atoms with Gasteiger partial charge in [-0.3, -0.25) is 19.3 Å². The number of carboxylic acids is 1. The van der Waals surface area contributed by atoms with Crippen LogP contribution in [0.2, 0.25) is 5.02 Å². The van der Waals surface area contributed by atoms with Gasteiger partial charge in [0, 0.05) is 75.2 Å². The number of benzene rings is 2. The number of carbonyl (C=O) groups is 3. The number of rotatable bonds is 6. The fourth-order valence-corrected chi connectivity index (χ4v) is 8.80. The van der Waals surface area contributed by atoms with E-state index in [0.29, 0.717) is 29.7 Å². The van der Waals surface area contributed by atoms with Crippen molar-refractivity contribution in [3.05, 3.63) is 57.0 Å². The number of piperazine rings is 2. The van der Waals surface area contributed by atoms with Crippen LogP contribution in [0, 0.1) is 0 Å². The topological polar surface area (TPSA) is 135 Å². The lowest BCUT2D eigenvalue weighted by Crippen LogP contribution is -2.63. The minimum Gasteiger partial charge on any atom is -0.480 e. The number of likely N-dealkylation sites (N-methyl/N-ethyl adjacent to an activating group) is 1. The van der Waals surface area contributed by atoms with Crippen LogP contribution < -0.4 is 0 Å². The molecule has 3 aliphatic heterocycles. The third-order valence-electron chi connectivity index (χ3n) is 8.45. The molecule has 45 heavy (non-hydrogen) atoms. The van der Waals surface area contributed by atoms with E-state index in [2.05, 4.69) is 9.88 Å². The van der Waals surface area contributed by atoms with Crippen molar-refractivity contribution in [3.8, 4) is 0 Å². The van der Waals surface area contributed by atoms with E-state index < -0.39 is 22.0 Å². The molecule has 1 aromatic heterocycles. The van der Waals surface area contributed by atoms with Crippen molar-refractivity contribution in [2.45, 2.75) is 23.9 Å². The largest absolute Gasteiger partial charge is 0.480 e. The van der Waals surface area contributed by atoms with Crippen LogP contribution in [0.4, 0.5) is 0 Å². The molecule has 2 saturated heterocycles. The first-order valence-corrected chi connectivity index (χ1v) is 17.0. The van der Waals surface area contributed by atoms with Gasteiger partial charge in [-0.1, -0.05) is 23.7 Å². The molecule has 0 saturated carbocycles. The zero-order valence-electron chi connectivity index (χ0n) is 24.6. The summed E-state index contributed by atoms with van der Waals surface area (Å²) in [5.74, 6) is -1.68. The van der Waals surface area contributed by atoms with Gasteiger partial charge >= 0.3 is 5.97 Å². The summed E-state index contributed by atoms with van der Waals surface area (Å²) in [5.41, 5.74) is 0.896. The Hall–Kier alpha value is -2.85. The van der Waals surface area contributed by atoms with Crippen molar-refractivity contribution < 1.29 is 27.9 Å². The van der Waals surface area contributed by atoms with Crippen LogP contribution in [-0.2, 0) is 32.6 Å². The first-order chi connectivity index (χ1) is 21.0. The second-order valence-electron chi connectivity index (χ2n) is 11.4. The van der Waals surface area contributed by atoms with Crippen molar-refractivity contribution in [1.29, 1.82) is 0 Å². The van der Waals surface area contributed by atoms with Gasteiger partial charge in [0.1, 0.15) is 6.04 Å². The zero-order valence-corrected chi connectivity index (χ0v) is 27.8. The predicted molar refractivity (Wildman–Crippen MR) is 173 cm³/mol. The molecule has 6 rings (SSSR count). The Morgan fingerprint density at radius 3 is 2.44 bits per heavy atom. The Balaban J connectivity index is 0.00000400. The number of hydrogen-bond acceptors (Lipinski definition) is 9. The summed E-state index contributed by atoms with van der Waals surface area (Å²) in [6.45, 7) is 2.58. The number of nitrogens with zero attached hydrogens (tertiary/aromatic N) is 6. The fraction of sp³-hybridized carbons (Fsp3) is 0.448. The predicted octanol–water partition coefficient (Wildman–Crippen LogP) is 2.10. The molecular weight excluding hydrogens is 663 g/mol. The van der Waals surface area contributed by atoms with Crippen LogP contribution in [-0.4, -0.2) is 132 Å². The minimum absolute atomic E-state index is 0. The summed E-state index contributed by atoms with van der Waals surface area (Å²) >= 11 is 7.43. The number of aromatic nitrogens is 1. The number of carboxylic acid groups (broad SMARTS) is 1. The maximum Gasteiger partial charge on any atom is 0.317 e. The zero-order chi connectivity index (χ0) is 31.2. The molecule has 3 aromatic rings. The van der Waals surface area contributed by atoms with Gasteiger partial charge in [0.25, 0.3) is 5.91 Å². The molecule has 12 nitrogen and oxygen atoms in total. The Labute approximate surface area is 276 Å². The first-order valence-electron chi connectivity index (χ1n) is 14.4. The number of amides is 2. The molecule has 0 radical (unpaired) electrons. The Morgan fingerprint density at radius 1 is 1.00 bits per heavy atom. The maximum atomic E-state index is 14.0. The number of aliphatic carboxylic acids is 1. The van der Waals surface area contributed by atoms with E-state index in [9.17, 15) is 22.8 Å². The Morgan fingerprint density at radius 2 is 1.71 bits per heavy atom. The summed E-state index contributed by atoms with van der Waals surface area (Å²) in [4.78, 5) is 51.8. The van der Waals surface area contributed by atoms with Crippen molar-refractivity contribution in [2.24, 2.45) is 0 Å². The second kappa shape index (κ2) is 13.5. The van der Waals surface area contributed by atoms with Crippen molar-refractivity contribution >= 4 is 73.9 Å². The third kappa shape index (κ3) is 6.97. The number of thiazole rings is 1. The van der Waals surface area contributed by atoms with Crippen molar-refractivity contribution in [1.82, 2.24) is 28.9 Å². The smallest absolute Gasteiger partial charge is 0.317 e. The second-order valence-corrected chi connectivity index (χ2v) is 14.9. The van der Waals surface area contributed by atoms with E-state index in [-0.39, 0.29) is 68.4 Å². The van der Waals surface area contributed by atoms with Crippen molar-refractivity contribution in [2.75, 3.05) is 66.0 Å². The molecular formula is C29H34Cl2N6O6S2. The number of fused-ring (bicyclic) bond motifs is 2. The average molecular weight is 698 g/mol.